The van der Waals surface area contributed by atoms with Crippen molar-refractivity contribution in [2.45, 2.75) is 199 Å². The maximum Gasteiger partial charge on any atom is 0.472 e. The molecule has 0 bridgehead atoms. The molecule has 3 atom stereocenters. The Morgan fingerprint density at radius 3 is 1.62 bits per heavy atom. The second-order valence-corrected chi connectivity index (χ2v) is 19.1. The zero-order chi connectivity index (χ0) is 46.5. The molecule has 364 valence electrons. The molecule has 0 aliphatic heterocycles. The molecule has 0 aliphatic carbocycles. The van der Waals surface area contributed by atoms with Crippen LogP contribution in [0.3, 0.4) is 0 Å². The van der Waals surface area contributed by atoms with E-state index >= 15 is 0 Å². The Balaban J connectivity index is 4.47. The number of phosphoric acid groups is 1. The van der Waals surface area contributed by atoms with Crippen LogP contribution >= 0.6 is 7.82 Å². The van der Waals surface area contributed by atoms with E-state index in [0.29, 0.717) is 30.3 Å². The van der Waals surface area contributed by atoms with Crippen molar-refractivity contribution < 1.29 is 47.2 Å². The zero-order valence-corrected chi connectivity index (χ0v) is 41.5. The fraction of sp³-hybridized carbons (Fsp3) is 0.731. The van der Waals surface area contributed by atoms with Crippen molar-refractivity contribution in [1.82, 2.24) is 0 Å². The highest BCUT2D eigenvalue weighted by Gasteiger charge is 2.27. The fourth-order valence-corrected chi connectivity index (χ4v) is 7.22. The van der Waals surface area contributed by atoms with Gasteiger partial charge < -0.3 is 24.0 Å². The predicted molar refractivity (Wildman–Crippen MR) is 262 cm³/mol. The van der Waals surface area contributed by atoms with Gasteiger partial charge in [0, 0.05) is 12.8 Å². The van der Waals surface area contributed by atoms with Crippen LogP contribution in [0.15, 0.2) is 72.9 Å². The number of likely N-dealkylation sites (N-methyl/N-ethyl adjacent to an activating group) is 1. The van der Waals surface area contributed by atoms with Crippen LogP contribution in [0.2, 0.25) is 0 Å². The summed E-state index contributed by atoms with van der Waals surface area (Å²) >= 11 is 0. The molecule has 0 radical (unpaired) electrons. The summed E-state index contributed by atoms with van der Waals surface area (Å²) in [6.45, 7) is 4.11. The maximum absolute atomic E-state index is 12.7. The second kappa shape index (κ2) is 43.3. The van der Waals surface area contributed by atoms with Crippen LogP contribution < -0.4 is 0 Å². The monoisotopic (exact) mass is 907 g/mol. The van der Waals surface area contributed by atoms with Gasteiger partial charge in [-0.15, -0.1) is 0 Å². The van der Waals surface area contributed by atoms with Gasteiger partial charge in [-0.2, -0.15) is 0 Å². The number of nitrogens with zero attached hydrogens (tertiary/aromatic N) is 1. The van der Waals surface area contributed by atoms with Crippen molar-refractivity contribution in [1.29, 1.82) is 0 Å². The first kappa shape index (κ1) is 60.4. The van der Waals surface area contributed by atoms with Gasteiger partial charge in [0.2, 0.25) is 0 Å². The summed E-state index contributed by atoms with van der Waals surface area (Å²) in [5, 5.41) is 10.3. The molecule has 0 rings (SSSR count). The smallest absolute Gasteiger partial charge is 0.462 e. The van der Waals surface area contributed by atoms with Gasteiger partial charge in [-0.05, 0) is 44.9 Å². The molecule has 0 amide bonds. The minimum Gasteiger partial charge on any atom is -0.462 e. The molecule has 0 saturated heterocycles. The minimum absolute atomic E-state index is 0.00256. The highest BCUT2D eigenvalue weighted by molar-refractivity contribution is 7.47. The number of carbonyl (C=O) groups excluding carboxylic acids is 2. The van der Waals surface area contributed by atoms with Crippen LogP contribution in [-0.4, -0.2) is 86.1 Å². The quantitative estimate of drug-likeness (QED) is 0.0153. The van der Waals surface area contributed by atoms with Gasteiger partial charge in [-0.3, -0.25) is 18.6 Å². The highest BCUT2D eigenvalue weighted by atomic mass is 31.2. The standard InChI is InChI=1S/C52H92NO9P/c1-6-8-10-12-14-16-18-20-21-22-23-24-25-27-29-31-33-35-39-43-51(55)59-47-50(48-61-63(57,58)60-46-45-53(3,4)5)62-52(56)44-40-36-38-42-49(54)41-37-34-32-30-28-26-19-17-15-13-11-9-7-2/h9,11,15,17,26,28,32,34,36-38,41,49-50,54H,6-8,10,12-14,16,18-25,27,29-31,33,35,39-40,42-48H2,1-5H3/p+1/b11-9-,17-15-,28-26-,34-32-,38-36-,41-37-/t49?,50-/m1/s1. The summed E-state index contributed by atoms with van der Waals surface area (Å²) in [6, 6.07) is 0. The van der Waals surface area contributed by atoms with Crippen molar-refractivity contribution >= 4 is 19.8 Å². The minimum atomic E-state index is -4.43. The molecular weight excluding hydrogens is 814 g/mol. The van der Waals surface area contributed by atoms with E-state index in [9.17, 15) is 24.2 Å². The second-order valence-electron chi connectivity index (χ2n) is 17.7. The average Bonchev–Trinajstić information content (AvgIpc) is 3.23. The van der Waals surface area contributed by atoms with E-state index in [1.54, 1.807) is 18.2 Å². The molecule has 0 aromatic carbocycles. The Morgan fingerprint density at radius 2 is 1.10 bits per heavy atom. The Labute approximate surface area is 385 Å². The van der Waals surface area contributed by atoms with Crippen molar-refractivity contribution in [3.63, 3.8) is 0 Å². The van der Waals surface area contributed by atoms with E-state index < -0.39 is 38.6 Å². The van der Waals surface area contributed by atoms with Crippen LogP contribution in [0.1, 0.15) is 187 Å². The summed E-state index contributed by atoms with van der Waals surface area (Å²) in [6.07, 6.45) is 51.3. The molecule has 0 spiro atoms. The Morgan fingerprint density at radius 1 is 0.587 bits per heavy atom. The molecule has 0 heterocycles. The first-order chi connectivity index (χ1) is 30.4. The van der Waals surface area contributed by atoms with E-state index in [1.165, 1.54) is 103 Å². The number of unbranched alkanes of at least 4 members (excludes halogenated alkanes) is 18. The molecular formula is C52H93NO9P+. The number of hydrogen-bond donors (Lipinski definition) is 2. The molecule has 2 unspecified atom stereocenters. The summed E-state index contributed by atoms with van der Waals surface area (Å²) in [7, 11) is 1.36. The van der Waals surface area contributed by atoms with Gasteiger partial charge in [-0.25, -0.2) is 4.57 Å². The lowest BCUT2D eigenvalue weighted by molar-refractivity contribution is -0.870. The SMILES string of the molecule is CC/C=C\C/C=C\C/C=C\C/C=C\C=C/C(O)C/C=C\CCC(=O)O[C@H](COC(=O)CCCCCCCCCCCCCCCCCCCCC)COP(=O)(O)OCC[N+](C)(C)C. The first-order valence-electron chi connectivity index (χ1n) is 24.8. The highest BCUT2D eigenvalue weighted by Crippen LogP contribution is 2.43. The van der Waals surface area contributed by atoms with E-state index in [0.717, 1.165) is 38.5 Å². The number of carbonyl (C=O) groups is 2. The van der Waals surface area contributed by atoms with Crippen LogP contribution in [0.25, 0.3) is 0 Å². The van der Waals surface area contributed by atoms with Crippen LogP contribution in [0.5, 0.6) is 0 Å². The molecule has 63 heavy (non-hydrogen) atoms. The Kier molecular flexibility index (Phi) is 41.5. The number of quaternary nitrogens is 1. The van der Waals surface area contributed by atoms with Gasteiger partial charge in [0.1, 0.15) is 19.8 Å². The fourth-order valence-electron chi connectivity index (χ4n) is 6.48. The molecule has 0 saturated carbocycles. The third-order valence-electron chi connectivity index (χ3n) is 10.3. The van der Waals surface area contributed by atoms with Gasteiger partial charge in [0.05, 0.1) is 33.9 Å². The topological polar surface area (TPSA) is 129 Å². The number of ether oxygens (including phenoxy) is 2. The molecule has 0 aliphatic rings. The zero-order valence-electron chi connectivity index (χ0n) is 40.6. The molecule has 2 N–H and O–H groups in total. The molecule has 0 aromatic rings. The molecule has 11 heteroatoms. The number of esters is 2. The largest absolute Gasteiger partial charge is 0.472 e. The van der Waals surface area contributed by atoms with Crippen LogP contribution in [0.4, 0.5) is 0 Å². The summed E-state index contributed by atoms with van der Waals surface area (Å²) in [5.74, 6) is -0.978. The van der Waals surface area contributed by atoms with Crippen molar-refractivity contribution in [3.05, 3.63) is 72.9 Å². The van der Waals surface area contributed by atoms with Crippen LogP contribution in [0, 0.1) is 0 Å². The normalized spacial score (nSPS) is 14.6. The Hall–Kier alpha value is -2.59. The number of phosphoric ester groups is 1. The van der Waals surface area contributed by atoms with Gasteiger partial charge in [0.25, 0.3) is 0 Å². The molecule has 0 aromatic heterocycles. The van der Waals surface area contributed by atoms with Gasteiger partial charge in [0.15, 0.2) is 6.10 Å². The third-order valence-corrected chi connectivity index (χ3v) is 11.3. The van der Waals surface area contributed by atoms with E-state index in [4.69, 9.17) is 18.5 Å². The number of allylic oxidation sites excluding steroid dienone is 10. The van der Waals surface area contributed by atoms with E-state index in [-0.39, 0.29) is 26.1 Å². The summed E-state index contributed by atoms with van der Waals surface area (Å²) in [4.78, 5) is 35.5. The summed E-state index contributed by atoms with van der Waals surface area (Å²) in [5.41, 5.74) is 0. The van der Waals surface area contributed by atoms with Gasteiger partial charge in [-0.1, -0.05) is 202 Å². The lowest BCUT2D eigenvalue weighted by Crippen LogP contribution is -2.37. The predicted octanol–water partition coefficient (Wildman–Crippen LogP) is 13.6. The third kappa shape index (κ3) is 47.2. The van der Waals surface area contributed by atoms with Crippen molar-refractivity contribution in [2.75, 3.05) is 47.5 Å². The van der Waals surface area contributed by atoms with Gasteiger partial charge >= 0.3 is 19.8 Å². The number of hydrogen-bond acceptors (Lipinski definition) is 8. The maximum atomic E-state index is 12.7. The molecule has 10 nitrogen and oxygen atoms in total. The number of aliphatic hydroxyl groups excluding tert-OH is 1. The number of rotatable bonds is 44. The van der Waals surface area contributed by atoms with Crippen LogP contribution in [-0.2, 0) is 32.7 Å². The average molecular weight is 907 g/mol. The Bertz CT molecular complexity index is 1320. The molecule has 0 fully saturated rings. The van der Waals surface area contributed by atoms with E-state index in [1.807, 2.05) is 39.4 Å². The summed E-state index contributed by atoms with van der Waals surface area (Å²) < 4.78 is 34.2. The number of aliphatic hydroxyl groups is 1. The van der Waals surface area contributed by atoms with Crippen molar-refractivity contribution in [3.8, 4) is 0 Å². The lowest BCUT2D eigenvalue weighted by atomic mass is 10.0. The van der Waals surface area contributed by atoms with E-state index in [2.05, 4.69) is 50.3 Å². The first-order valence-corrected chi connectivity index (χ1v) is 26.3. The van der Waals surface area contributed by atoms with Crippen molar-refractivity contribution in [2.24, 2.45) is 0 Å². The lowest BCUT2D eigenvalue weighted by Gasteiger charge is -2.24.